The van der Waals surface area contributed by atoms with Gasteiger partial charge in [0.2, 0.25) is 0 Å². The van der Waals surface area contributed by atoms with Gasteiger partial charge in [-0.15, -0.1) is 0 Å². The topological polar surface area (TPSA) is 47.6 Å². The van der Waals surface area contributed by atoms with E-state index >= 15 is 0 Å². The fraction of sp³-hybridized carbons (Fsp3) is 0.278. The molecular formula is C18H20BrNO3. The van der Waals surface area contributed by atoms with Crippen molar-refractivity contribution in [2.24, 2.45) is 0 Å². The first-order valence-corrected chi connectivity index (χ1v) is 8.11. The van der Waals surface area contributed by atoms with E-state index in [-0.39, 0.29) is 18.6 Å². The third-order valence-corrected chi connectivity index (χ3v) is 3.89. The number of nitrogens with one attached hydrogen (secondary N) is 1. The quantitative estimate of drug-likeness (QED) is 0.826. The summed E-state index contributed by atoms with van der Waals surface area (Å²) in [5, 5.41) is 2.93. The zero-order valence-electron chi connectivity index (χ0n) is 13.4. The molecule has 0 aliphatic rings. The average Bonchev–Trinajstić information content (AvgIpc) is 2.53. The molecule has 0 aliphatic carbocycles. The molecule has 0 bridgehead atoms. The van der Waals surface area contributed by atoms with Gasteiger partial charge in [0.15, 0.2) is 6.61 Å². The van der Waals surface area contributed by atoms with Crippen molar-refractivity contribution in [2.45, 2.75) is 19.9 Å². The van der Waals surface area contributed by atoms with Crippen molar-refractivity contribution >= 4 is 21.8 Å². The smallest absolute Gasteiger partial charge is 0.258 e. The van der Waals surface area contributed by atoms with E-state index in [1.807, 2.05) is 56.3 Å². The summed E-state index contributed by atoms with van der Waals surface area (Å²) >= 11 is 3.37. The zero-order valence-corrected chi connectivity index (χ0v) is 15.0. The minimum Gasteiger partial charge on any atom is -0.496 e. The van der Waals surface area contributed by atoms with Gasteiger partial charge in [-0.3, -0.25) is 4.79 Å². The molecular weight excluding hydrogens is 358 g/mol. The molecule has 2 aromatic carbocycles. The molecule has 0 fully saturated rings. The molecule has 0 unspecified atom stereocenters. The van der Waals surface area contributed by atoms with Gasteiger partial charge in [0.25, 0.3) is 5.91 Å². The van der Waals surface area contributed by atoms with Crippen molar-refractivity contribution in [1.29, 1.82) is 0 Å². The van der Waals surface area contributed by atoms with E-state index < -0.39 is 0 Å². The van der Waals surface area contributed by atoms with E-state index in [0.717, 1.165) is 21.3 Å². The van der Waals surface area contributed by atoms with Crippen LogP contribution in [0.5, 0.6) is 11.5 Å². The van der Waals surface area contributed by atoms with Crippen LogP contribution in [0.3, 0.4) is 0 Å². The van der Waals surface area contributed by atoms with Gasteiger partial charge in [-0.25, -0.2) is 0 Å². The fourth-order valence-corrected chi connectivity index (χ4v) is 2.64. The summed E-state index contributed by atoms with van der Waals surface area (Å²) in [6.07, 6.45) is 0. The number of carbonyl (C=O) groups is 1. The first kappa shape index (κ1) is 17.3. The highest BCUT2D eigenvalue weighted by Gasteiger charge is 2.14. The van der Waals surface area contributed by atoms with Crippen LogP contribution in [0.25, 0.3) is 0 Å². The predicted molar refractivity (Wildman–Crippen MR) is 93.9 cm³/mol. The average molecular weight is 378 g/mol. The molecule has 0 aliphatic heterocycles. The summed E-state index contributed by atoms with van der Waals surface area (Å²) in [6.45, 7) is 3.90. The monoisotopic (exact) mass is 377 g/mol. The van der Waals surface area contributed by atoms with E-state index in [1.165, 1.54) is 0 Å². The maximum Gasteiger partial charge on any atom is 0.258 e. The van der Waals surface area contributed by atoms with Crippen LogP contribution >= 0.6 is 15.9 Å². The van der Waals surface area contributed by atoms with E-state index in [1.54, 1.807) is 7.11 Å². The lowest BCUT2D eigenvalue weighted by molar-refractivity contribution is -0.123. The molecule has 0 radical (unpaired) electrons. The molecule has 2 rings (SSSR count). The molecule has 1 N–H and O–H groups in total. The zero-order chi connectivity index (χ0) is 16.8. The summed E-state index contributed by atoms with van der Waals surface area (Å²) in [7, 11) is 1.62. The SMILES string of the molecule is COc1ccc(C)cc1[C@@H](C)NC(=O)COc1cccc(Br)c1. The van der Waals surface area contributed by atoms with Crippen LogP contribution in [0, 0.1) is 6.92 Å². The van der Waals surface area contributed by atoms with Gasteiger partial charge < -0.3 is 14.8 Å². The van der Waals surface area contributed by atoms with Crippen molar-refractivity contribution in [3.63, 3.8) is 0 Å². The van der Waals surface area contributed by atoms with Crippen molar-refractivity contribution < 1.29 is 14.3 Å². The van der Waals surface area contributed by atoms with Crippen LogP contribution in [0.4, 0.5) is 0 Å². The molecule has 4 nitrogen and oxygen atoms in total. The van der Waals surface area contributed by atoms with E-state index in [9.17, 15) is 4.79 Å². The summed E-state index contributed by atoms with van der Waals surface area (Å²) in [4.78, 5) is 12.1. The van der Waals surface area contributed by atoms with Crippen LogP contribution in [-0.2, 0) is 4.79 Å². The number of benzene rings is 2. The molecule has 2 aromatic rings. The number of hydrogen-bond acceptors (Lipinski definition) is 3. The maximum atomic E-state index is 12.1. The Morgan fingerprint density at radius 2 is 2.04 bits per heavy atom. The van der Waals surface area contributed by atoms with E-state index in [2.05, 4.69) is 21.2 Å². The molecule has 0 aromatic heterocycles. The van der Waals surface area contributed by atoms with Gasteiger partial charge in [0.1, 0.15) is 11.5 Å². The number of aryl methyl sites for hydroxylation is 1. The Hall–Kier alpha value is -2.01. The highest BCUT2D eigenvalue weighted by molar-refractivity contribution is 9.10. The standard InChI is InChI=1S/C18H20BrNO3/c1-12-7-8-17(22-3)16(9-12)13(2)20-18(21)11-23-15-6-4-5-14(19)10-15/h4-10,13H,11H2,1-3H3,(H,20,21)/t13-/m1/s1. The Labute approximate surface area is 144 Å². The normalized spacial score (nSPS) is 11.7. The molecule has 1 amide bonds. The second-order valence-electron chi connectivity index (χ2n) is 5.28. The van der Waals surface area contributed by atoms with Crippen LogP contribution in [0.2, 0.25) is 0 Å². The largest absolute Gasteiger partial charge is 0.496 e. The van der Waals surface area contributed by atoms with Gasteiger partial charge in [-0.1, -0.05) is 39.7 Å². The summed E-state index contributed by atoms with van der Waals surface area (Å²) in [5.41, 5.74) is 2.07. The Morgan fingerprint density at radius 3 is 2.74 bits per heavy atom. The highest BCUT2D eigenvalue weighted by atomic mass is 79.9. The Balaban J connectivity index is 1.96. The molecule has 122 valence electrons. The van der Waals surface area contributed by atoms with Gasteiger partial charge in [-0.05, 0) is 38.1 Å². The van der Waals surface area contributed by atoms with Crippen LogP contribution in [0.1, 0.15) is 24.1 Å². The molecule has 23 heavy (non-hydrogen) atoms. The second-order valence-corrected chi connectivity index (χ2v) is 6.20. The van der Waals surface area contributed by atoms with Gasteiger partial charge >= 0.3 is 0 Å². The molecule has 0 heterocycles. The van der Waals surface area contributed by atoms with Gasteiger partial charge in [-0.2, -0.15) is 0 Å². The maximum absolute atomic E-state index is 12.1. The number of ether oxygens (including phenoxy) is 2. The van der Waals surface area contributed by atoms with Gasteiger partial charge in [0.05, 0.1) is 13.2 Å². The fourth-order valence-electron chi connectivity index (χ4n) is 2.26. The molecule has 0 saturated heterocycles. The summed E-state index contributed by atoms with van der Waals surface area (Å²) in [5.74, 6) is 1.23. The van der Waals surface area contributed by atoms with Crippen molar-refractivity contribution in [1.82, 2.24) is 5.32 Å². The third-order valence-electron chi connectivity index (χ3n) is 3.40. The molecule has 0 saturated carbocycles. The van der Waals surface area contributed by atoms with Gasteiger partial charge in [0, 0.05) is 10.0 Å². The Kier molecular flexibility index (Phi) is 6.04. The predicted octanol–water partition coefficient (Wildman–Crippen LogP) is 4.02. The van der Waals surface area contributed by atoms with Crippen molar-refractivity contribution in [3.8, 4) is 11.5 Å². The number of carbonyl (C=O) groups excluding carboxylic acids is 1. The summed E-state index contributed by atoms with van der Waals surface area (Å²) in [6, 6.07) is 13.1. The third kappa shape index (κ3) is 4.99. The van der Waals surface area contributed by atoms with Crippen LogP contribution in [0.15, 0.2) is 46.9 Å². The first-order chi connectivity index (χ1) is 11.0. The molecule has 1 atom stereocenters. The number of rotatable bonds is 6. The lowest BCUT2D eigenvalue weighted by Gasteiger charge is -2.18. The number of methoxy groups -OCH3 is 1. The van der Waals surface area contributed by atoms with Crippen LogP contribution in [-0.4, -0.2) is 19.6 Å². The van der Waals surface area contributed by atoms with E-state index in [4.69, 9.17) is 9.47 Å². The minimum atomic E-state index is -0.180. The summed E-state index contributed by atoms with van der Waals surface area (Å²) < 4.78 is 11.8. The van der Waals surface area contributed by atoms with Crippen LogP contribution < -0.4 is 14.8 Å². The lowest BCUT2D eigenvalue weighted by Crippen LogP contribution is -2.31. The molecule has 0 spiro atoms. The molecule has 5 heteroatoms. The van der Waals surface area contributed by atoms with Crippen molar-refractivity contribution in [3.05, 3.63) is 58.1 Å². The van der Waals surface area contributed by atoms with E-state index in [0.29, 0.717) is 5.75 Å². The number of amides is 1. The second kappa shape index (κ2) is 8.02. The first-order valence-electron chi connectivity index (χ1n) is 7.32. The lowest BCUT2D eigenvalue weighted by atomic mass is 10.0. The highest BCUT2D eigenvalue weighted by Crippen LogP contribution is 2.26. The Morgan fingerprint density at radius 1 is 1.26 bits per heavy atom. The number of hydrogen-bond donors (Lipinski definition) is 1. The Bertz CT molecular complexity index is 688. The minimum absolute atomic E-state index is 0.0328. The number of halogens is 1. The van der Waals surface area contributed by atoms with Crippen molar-refractivity contribution in [2.75, 3.05) is 13.7 Å².